The van der Waals surface area contributed by atoms with E-state index < -0.39 is 0 Å². The van der Waals surface area contributed by atoms with Crippen LogP contribution in [-0.4, -0.2) is 19.9 Å². The Morgan fingerprint density at radius 3 is 1.43 bits per heavy atom. The Labute approximate surface area is 163 Å². The highest BCUT2D eigenvalue weighted by molar-refractivity contribution is 5.89. The molecule has 0 spiro atoms. The van der Waals surface area contributed by atoms with Crippen molar-refractivity contribution < 1.29 is 0 Å². The topological polar surface area (TPSA) is 57.4 Å². The predicted molar refractivity (Wildman–Crippen MR) is 116 cm³/mol. The number of imidazole rings is 2. The number of hydrogen-bond acceptors (Lipinski definition) is 2. The van der Waals surface area contributed by atoms with Gasteiger partial charge in [-0.15, -0.1) is 0 Å². The SMILES string of the molecule is Cc1ccc2[nH]c(-c3ccccc3-c3nc4c(C)c(C)ccc4[nH]3)nc2c1C. The molecule has 0 saturated carbocycles. The summed E-state index contributed by atoms with van der Waals surface area (Å²) in [5.41, 5.74) is 11.2. The van der Waals surface area contributed by atoms with Crippen molar-refractivity contribution in [3.63, 3.8) is 0 Å². The standard InChI is InChI=1S/C24H22N4/c1-13-9-11-19-21(15(13)3)27-23(25-19)17-7-5-6-8-18(17)24-26-20-12-10-14(2)16(4)22(20)28-24/h5-12H,1-4H3,(H,25,27)(H,26,28). The van der Waals surface area contributed by atoms with Crippen molar-refractivity contribution in [1.82, 2.24) is 19.9 Å². The fourth-order valence-corrected chi connectivity index (χ4v) is 3.78. The highest BCUT2D eigenvalue weighted by Crippen LogP contribution is 2.33. The summed E-state index contributed by atoms with van der Waals surface area (Å²) >= 11 is 0. The molecule has 2 aromatic heterocycles. The summed E-state index contributed by atoms with van der Waals surface area (Å²) in [5.74, 6) is 1.74. The van der Waals surface area contributed by atoms with Crippen LogP contribution < -0.4 is 0 Å². The van der Waals surface area contributed by atoms with Gasteiger partial charge in [0.2, 0.25) is 0 Å². The third-order valence-corrected chi connectivity index (χ3v) is 5.79. The molecule has 4 heteroatoms. The fourth-order valence-electron chi connectivity index (χ4n) is 3.78. The van der Waals surface area contributed by atoms with Crippen LogP contribution in [0.25, 0.3) is 44.8 Å². The molecule has 4 nitrogen and oxygen atoms in total. The molecule has 0 saturated heterocycles. The second-order valence-corrected chi connectivity index (χ2v) is 7.52. The lowest BCUT2D eigenvalue weighted by Crippen LogP contribution is -1.88. The minimum absolute atomic E-state index is 0.868. The number of aromatic amines is 2. The molecule has 0 atom stereocenters. The maximum Gasteiger partial charge on any atom is 0.139 e. The van der Waals surface area contributed by atoms with Crippen LogP contribution in [0.4, 0.5) is 0 Å². The Morgan fingerprint density at radius 1 is 0.571 bits per heavy atom. The van der Waals surface area contributed by atoms with Gasteiger partial charge in [0.15, 0.2) is 0 Å². The molecule has 2 N–H and O–H groups in total. The Kier molecular flexibility index (Phi) is 3.63. The van der Waals surface area contributed by atoms with Crippen LogP contribution in [0.5, 0.6) is 0 Å². The van der Waals surface area contributed by atoms with Crippen molar-refractivity contribution in [2.75, 3.05) is 0 Å². The van der Waals surface area contributed by atoms with Gasteiger partial charge < -0.3 is 9.97 Å². The van der Waals surface area contributed by atoms with Gasteiger partial charge in [0.1, 0.15) is 11.6 Å². The van der Waals surface area contributed by atoms with Crippen LogP contribution in [0.3, 0.4) is 0 Å². The molecule has 0 bridgehead atoms. The number of rotatable bonds is 2. The molecule has 0 amide bonds. The Bertz CT molecular complexity index is 1250. The molecule has 138 valence electrons. The van der Waals surface area contributed by atoms with Gasteiger partial charge in [-0.05, 0) is 62.1 Å². The number of aromatic nitrogens is 4. The number of nitrogens with one attached hydrogen (secondary N) is 2. The van der Waals surface area contributed by atoms with Crippen LogP contribution in [0.1, 0.15) is 22.3 Å². The van der Waals surface area contributed by atoms with Crippen LogP contribution in [0.2, 0.25) is 0 Å². The van der Waals surface area contributed by atoms with Crippen LogP contribution >= 0.6 is 0 Å². The van der Waals surface area contributed by atoms with E-state index in [4.69, 9.17) is 9.97 Å². The van der Waals surface area contributed by atoms with E-state index in [2.05, 4.69) is 74.1 Å². The van der Waals surface area contributed by atoms with E-state index >= 15 is 0 Å². The second kappa shape index (κ2) is 6.06. The molecule has 5 rings (SSSR count). The predicted octanol–water partition coefficient (Wildman–Crippen LogP) is 6.01. The normalized spacial score (nSPS) is 11.6. The summed E-state index contributed by atoms with van der Waals surface area (Å²) in [6, 6.07) is 16.8. The largest absolute Gasteiger partial charge is 0.338 e. The first-order chi connectivity index (χ1) is 13.5. The van der Waals surface area contributed by atoms with Gasteiger partial charge in [0, 0.05) is 11.1 Å². The van der Waals surface area contributed by atoms with Crippen molar-refractivity contribution in [2.45, 2.75) is 27.7 Å². The van der Waals surface area contributed by atoms with Crippen molar-refractivity contribution >= 4 is 22.1 Å². The lowest BCUT2D eigenvalue weighted by molar-refractivity contribution is 1.29. The van der Waals surface area contributed by atoms with Crippen LogP contribution in [0, 0.1) is 27.7 Å². The maximum absolute atomic E-state index is 4.92. The van der Waals surface area contributed by atoms with Gasteiger partial charge in [-0.1, -0.05) is 36.4 Å². The van der Waals surface area contributed by atoms with E-state index in [1.165, 1.54) is 22.3 Å². The third-order valence-electron chi connectivity index (χ3n) is 5.79. The molecule has 0 unspecified atom stereocenters. The summed E-state index contributed by atoms with van der Waals surface area (Å²) in [7, 11) is 0. The molecule has 0 aliphatic carbocycles. The number of hydrogen-bond donors (Lipinski definition) is 2. The van der Waals surface area contributed by atoms with E-state index in [0.29, 0.717) is 0 Å². The highest BCUT2D eigenvalue weighted by Gasteiger charge is 2.16. The Morgan fingerprint density at radius 2 is 1.00 bits per heavy atom. The molecule has 0 fully saturated rings. The minimum atomic E-state index is 0.868. The van der Waals surface area contributed by atoms with Crippen LogP contribution in [-0.2, 0) is 0 Å². The molecule has 2 heterocycles. The summed E-state index contributed by atoms with van der Waals surface area (Å²) in [6.07, 6.45) is 0. The summed E-state index contributed by atoms with van der Waals surface area (Å²) in [4.78, 5) is 16.8. The molecule has 28 heavy (non-hydrogen) atoms. The molecular formula is C24H22N4. The lowest BCUT2D eigenvalue weighted by atomic mass is 10.1. The third kappa shape index (κ3) is 2.45. The zero-order chi connectivity index (χ0) is 19.4. The van der Waals surface area contributed by atoms with E-state index in [1.807, 2.05) is 12.1 Å². The lowest BCUT2D eigenvalue weighted by Gasteiger charge is -2.04. The first-order valence-electron chi connectivity index (χ1n) is 9.54. The average molecular weight is 366 g/mol. The monoisotopic (exact) mass is 366 g/mol. The van der Waals surface area contributed by atoms with E-state index in [9.17, 15) is 0 Å². The Balaban J connectivity index is 1.72. The van der Waals surface area contributed by atoms with Crippen molar-refractivity contribution in [3.8, 4) is 22.8 Å². The van der Waals surface area contributed by atoms with Crippen molar-refractivity contribution in [1.29, 1.82) is 0 Å². The molecule has 0 aliphatic rings. The zero-order valence-electron chi connectivity index (χ0n) is 16.5. The van der Waals surface area contributed by atoms with Gasteiger partial charge in [-0.25, -0.2) is 9.97 Å². The summed E-state index contributed by atoms with van der Waals surface area (Å²) < 4.78 is 0. The van der Waals surface area contributed by atoms with Gasteiger partial charge >= 0.3 is 0 Å². The summed E-state index contributed by atoms with van der Waals surface area (Å²) in [5, 5.41) is 0. The molecule has 0 aliphatic heterocycles. The number of fused-ring (bicyclic) bond motifs is 2. The quantitative estimate of drug-likeness (QED) is 0.402. The van der Waals surface area contributed by atoms with E-state index in [-0.39, 0.29) is 0 Å². The van der Waals surface area contributed by atoms with E-state index in [1.54, 1.807) is 0 Å². The fraction of sp³-hybridized carbons (Fsp3) is 0.167. The van der Waals surface area contributed by atoms with Crippen molar-refractivity contribution in [3.05, 3.63) is 70.8 Å². The number of aryl methyl sites for hydroxylation is 4. The molecule has 5 aromatic rings. The number of benzene rings is 3. The zero-order valence-corrected chi connectivity index (χ0v) is 16.5. The highest BCUT2D eigenvalue weighted by atomic mass is 14.9. The first-order valence-corrected chi connectivity index (χ1v) is 9.54. The number of H-pyrrole nitrogens is 2. The smallest absolute Gasteiger partial charge is 0.139 e. The molecule has 0 radical (unpaired) electrons. The molecule has 3 aromatic carbocycles. The Hall–Kier alpha value is -3.40. The summed E-state index contributed by atoms with van der Waals surface area (Å²) in [6.45, 7) is 8.49. The average Bonchev–Trinajstić information content (AvgIpc) is 3.33. The van der Waals surface area contributed by atoms with Gasteiger partial charge in [0.05, 0.1) is 22.1 Å². The van der Waals surface area contributed by atoms with Crippen molar-refractivity contribution in [2.24, 2.45) is 0 Å². The second-order valence-electron chi connectivity index (χ2n) is 7.52. The number of nitrogens with zero attached hydrogens (tertiary/aromatic N) is 2. The minimum Gasteiger partial charge on any atom is -0.338 e. The van der Waals surface area contributed by atoms with E-state index in [0.717, 1.165) is 44.8 Å². The van der Waals surface area contributed by atoms with Gasteiger partial charge in [0.25, 0.3) is 0 Å². The van der Waals surface area contributed by atoms with Gasteiger partial charge in [-0.3, -0.25) is 0 Å². The molecular weight excluding hydrogens is 344 g/mol. The van der Waals surface area contributed by atoms with Crippen LogP contribution in [0.15, 0.2) is 48.5 Å². The van der Waals surface area contributed by atoms with Gasteiger partial charge in [-0.2, -0.15) is 0 Å². The maximum atomic E-state index is 4.92. The first kappa shape index (κ1) is 16.8.